The summed E-state index contributed by atoms with van der Waals surface area (Å²) in [4.78, 5) is 4.18. The second-order valence-electron chi connectivity index (χ2n) is 4.08. The van der Waals surface area contributed by atoms with Crippen LogP contribution < -0.4 is 5.32 Å². The van der Waals surface area contributed by atoms with Crippen LogP contribution in [0.3, 0.4) is 0 Å². The first-order chi connectivity index (χ1) is 9.69. The summed E-state index contributed by atoms with van der Waals surface area (Å²) in [6.07, 6.45) is 1.66. The van der Waals surface area contributed by atoms with Gasteiger partial charge in [-0.15, -0.1) is 0 Å². The molecule has 2 rings (SSSR count). The van der Waals surface area contributed by atoms with E-state index < -0.39 is 13.4 Å². The highest BCUT2D eigenvalue weighted by Gasteiger charge is 2.35. The summed E-state index contributed by atoms with van der Waals surface area (Å²) in [5.74, 6) is -0.00993. The third kappa shape index (κ3) is 3.25. The maximum absolute atomic E-state index is 12.7. The zero-order valence-electron chi connectivity index (χ0n) is 11.4. The van der Waals surface area contributed by atoms with Gasteiger partial charge in [0.25, 0.3) is 0 Å². The standard InChI is InChI=1S/C14H17N2O3P/c1-18-20(17,19-2)14(12-8-4-3-5-9-12)16-13-10-6-7-11-15-13/h3-11,14H,1-2H3,(H,15,16)/t14-/m0/s1. The average Bonchev–Trinajstić information content (AvgIpc) is 2.54. The van der Waals surface area contributed by atoms with Gasteiger partial charge in [-0.1, -0.05) is 36.4 Å². The fraction of sp³-hybridized carbons (Fsp3) is 0.214. The Morgan fingerprint density at radius 1 is 1.05 bits per heavy atom. The number of hydrogen-bond acceptors (Lipinski definition) is 5. The maximum Gasteiger partial charge on any atom is 0.356 e. The molecule has 1 aromatic carbocycles. The van der Waals surface area contributed by atoms with E-state index in [1.54, 1.807) is 12.3 Å². The van der Waals surface area contributed by atoms with Crippen molar-refractivity contribution >= 4 is 13.4 Å². The van der Waals surface area contributed by atoms with Gasteiger partial charge in [0.15, 0.2) is 5.78 Å². The Hall–Kier alpha value is -1.68. The number of nitrogens with zero attached hydrogens (tertiary/aromatic N) is 1. The van der Waals surface area contributed by atoms with Gasteiger partial charge in [-0.05, 0) is 17.7 Å². The van der Waals surface area contributed by atoms with Crippen LogP contribution in [0.25, 0.3) is 0 Å². The molecule has 0 aliphatic heterocycles. The average molecular weight is 292 g/mol. The van der Waals surface area contributed by atoms with Crippen LogP contribution in [-0.4, -0.2) is 19.2 Å². The maximum atomic E-state index is 12.7. The van der Waals surface area contributed by atoms with Crippen LogP contribution in [0.4, 0.5) is 5.82 Å². The van der Waals surface area contributed by atoms with Crippen molar-refractivity contribution in [1.82, 2.24) is 4.98 Å². The van der Waals surface area contributed by atoms with E-state index in [-0.39, 0.29) is 0 Å². The topological polar surface area (TPSA) is 60.5 Å². The lowest BCUT2D eigenvalue weighted by Crippen LogP contribution is -2.14. The summed E-state index contributed by atoms with van der Waals surface area (Å²) in [7, 11) is -0.579. The van der Waals surface area contributed by atoms with Crippen molar-refractivity contribution in [1.29, 1.82) is 0 Å². The zero-order chi connectivity index (χ0) is 14.4. The van der Waals surface area contributed by atoms with Crippen LogP contribution in [0, 0.1) is 0 Å². The highest BCUT2D eigenvalue weighted by Crippen LogP contribution is 2.59. The van der Waals surface area contributed by atoms with Crippen molar-refractivity contribution < 1.29 is 13.6 Å². The van der Waals surface area contributed by atoms with Crippen molar-refractivity contribution in [3.63, 3.8) is 0 Å². The molecule has 0 spiro atoms. The number of pyridine rings is 1. The molecule has 106 valence electrons. The Labute approximate surface area is 118 Å². The smallest absolute Gasteiger partial charge is 0.353 e. The van der Waals surface area contributed by atoms with Crippen LogP contribution in [0.1, 0.15) is 11.3 Å². The first kappa shape index (κ1) is 14.7. The summed E-state index contributed by atoms with van der Waals surface area (Å²) in [6, 6.07) is 14.8. The van der Waals surface area contributed by atoms with E-state index in [0.717, 1.165) is 5.56 Å². The fourth-order valence-corrected chi connectivity index (χ4v) is 3.25. The van der Waals surface area contributed by atoms with Crippen LogP contribution in [0.15, 0.2) is 54.7 Å². The molecule has 0 fully saturated rings. The molecule has 5 nitrogen and oxygen atoms in total. The van der Waals surface area contributed by atoms with Gasteiger partial charge in [0.2, 0.25) is 0 Å². The Morgan fingerprint density at radius 3 is 2.25 bits per heavy atom. The monoisotopic (exact) mass is 292 g/mol. The normalized spacial score (nSPS) is 12.9. The van der Waals surface area contributed by atoms with Gasteiger partial charge in [-0.2, -0.15) is 0 Å². The molecule has 2 aromatic rings. The van der Waals surface area contributed by atoms with Crippen molar-refractivity contribution in [2.45, 2.75) is 5.78 Å². The van der Waals surface area contributed by atoms with Gasteiger partial charge in [0, 0.05) is 20.4 Å². The molecule has 0 aliphatic carbocycles. The highest BCUT2D eigenvalue weighted by molar-refractivity contribution is 7.54. The van der Waals surface area contributed by atoms with E-state index in [4.69, 9.17) is 9.05 Å². The van der Waals surface area contributed by atoms with E-state index in [1.165, 1.54) is 14.2 Å². The van der Waals surface area contributed by atoms with Gasteiger partial charge in [0.05, 0.1) is 0 Å². The van der Waals surface area contributed by atoms with Crippen molar-refractivity contribution in [3.05, 3.63) is 60.3 Å². The fourth-order valence-electron chi connectivity index (χ4n) is 1.85. The Bertz CT molecular complexity index is 569. The zero-order valence-corrected chi connectivity index (χ0v) is 12.3. The van der Waals surface area contributed by atoms with E-state index in [2.05, 4.69) is 10.3 Å². The minimum Gasteiger partial charge on any atom is -0.353 e. The number of nitrogens with one attached hydrogen (secondary N) is 1. The molecule has 0 bridgehead atoms. The summed E-state index contributed by atoms with van der Waals surface area (Å²) < 4.78 is 23.0. The molecular formula is C14H17N2O3P. The first-order valence-electron chi connectivity index (χ1n) is 6.13. The van der Waals surface area contributed by atoms with E-state index in [0.29, 0.717) is 5.82 Å². The molecule has 6 heteroatoms. The van der Waals surface area contributed by atoms with Crippen LogP contribution in [0.5, 0.6) is 0 Å². The lowest BCUT2D eigenvalue weighted by Gasteiger charge is -2.26. The second kappa shape index (κ2) is 6.66. The van der Waals surface area contributed by atoms with Crippen molar-refractivity contribution in [2.75, 3.05) is 19.5 Å². The van der Waals surface area contributed by atoms with Crippen LogP contribution >= 0.6 is 7.60 Å². The molecule has 0 saturated carbocycles. The predicted octanol–water partition coefficient (Wildman–Crippen LogP) is 3.68. The molecule has 0 unspecified atom stereocenters. The molecule has 1 N–H and O–H groups in total. The van der Waals surface area contributed by atoms with E-state index >= 15 is 0 Å². The number of aromatic nitrogens is 1. The minimum atomic E-state index is -3.33. The lowest BCUT2D eigenvalue weighted by molar-refractivity contribution is 0.268. The minimum absolute atomic E-state index is 0.607. The van der Waals surface area contributed by atoms with Crippen molar-refractivity contribution in [3.8, 4) is 0 Å². The highest BCUT2D eigenvalue weighted by atomic mass is 31.2. The summed E-state index contributed by atoms with van der Waals surface area (Å²) in [6.45, 7) is 0. The number of hydrogen-bond donors (Lipinski definition) is 1. The second-order valence-corrected chi connectivity index (χ2v) is 6.40. The molecule has 1 aromatic heterocycles. The Morgan fingerprint density at radius 2 is 1.70 bits per heavy atom. The third-order valence-electron chi connectivity index (χ3n) is 2.89. The van der Waals surface area contributed by atoms with Crippen molar-refractivity contribution in [2.24, 2.45) is 0 Å². The van der Waals surface area contributed by atoms with Gasteiger partial charge in [-0.3, -0.25) is 4.57 Å². The third-order valence-corrected chi connectivity index (χ3v) is 4.97. The molecule has 0 saturated heterocycles. The Balaban J connectivity index is 2.37. The molecule has 1 atom stereocenters. The SMILES string of the molecule is COP(=O)(OC)[C@H](Nc1ccccn1)c1ccccc1. The molecule has 0 radical (unpaired) electrons. The van der Waals surface area contributed by atoms with Gasteiger partial charge in [0.1, 0.15) is 5.82 Å². The Kier molecular flexibility index (Phi) is 4.90. The van der Waals surface area contributed by atoms with Crippen LogP contribution in [-0.2, 0) is 13.6 Å². The molecular weight excluding hydrogens is 275 g/mol. The molecule has 20 heavy (non-hydrogen) atoms. The summed E-state index contributed by atoms with van der Waals surface area (Å²) in [5.41, 5.74) is 0.810. The van der Waals surface area contributed by atoms with E-state index in [9.17, 15) is 4.57 Å². The molecule has 0 aliphatic rings. The predicted molar refractivity (Wildman–Crippen MR) is 78.7 cm³/mol. The number of benzene rings is 1. The number of anilines is 1. The summed E-state index contributed by atoms with van der Waals surface area (Å²) >= 11 is 0. The van der Waals surface area contributed by atoms with Gasteiger partial charge in [-0.25, -0.2) is 4.98 Å². The molecule has 0 amide bonds. The van der Waals surface area contributed by atoms with Gasteiger partial charge >= 0.3 is 7.60 Å². The number of rotatable bonds is 6. The summed E-state index contributed by atoms with van der Waals surface area (Å²) in [5, 5.41) is 3.11. The van der Waals surface area contributed by atoms with Crippen LogP contribution in [0.2, 0.25) is 0 Å². The quantitative estimate of drug-likeness (QED) is 0.823. The first-order valence-corrected chi connectivity index (χ1v) is 7.74. The lowest BCUT2D eigenvalue weighted by atomic mass is 10.2. The van der Waals surface area contributed by atoms with E-state index in [1.807, 2.05) is 42.5 Å². The van der Waals surface area contributed by atoms with Gasteiger partial charge < -0.3 is 14.4 Å². The molecule has 1 heterocycles. The largest absolute Gasteiger partial charge is 0.356 e.